The molecule has 4 atom stereocenters. The molecule has 2 aromatic heterocycles. The molecule has 4 aromatic rings. The molecule has 39 heavy (non-hydrogen) atoms. The van der Waals surface area contributed by atoms with Gasteiger partial charge in [-0.15, -0.1) is 0 Å². The van der Waals surface area contributed by atoms with Gasteiger partial charge in [0.1, 0.15) is 30.4 Å². The number of fused-ring (bicyclic) bond motifs is 1. The van der Waals surface area contributed by atoms with E-state index in [1.807, 2.05) is 42.5 Å². The molecule has 5 rings (SSSR count). The fourth-order valence-corrected chi connectivity index (χ4v) is 4.37. The maximum atomic E-state index is 11.5. The number of aliphatic hydroxyl groups is 3. The molecule has 204 valence electrons. The van der Waals surface area contributed by atoms with Crippen molar-refractivity contribution in [3.8, 4) is 16.9 Å². The number of ether oxygens (including phenoxy) is 2. The van der Waals surface area contributed by atoms with Gasteiger partial charge in [-0.1, -0.05) is 36.4 Å². The number of imidazole rings is 1. The van der Waals surface area contributed by atoms with Crippen LogP contribution < -0.4 is 21.1 Å². The molecule has 1 saturated heterocycles. The number of aliphatic hydroxyl groups excluding tert-OH is 3. The first-order valence-electron chi connectivity index (χ1n) is 12.3. The molecule has 7 N–H and O–H groups in total. The van der Waals surface area contributed by atoms with Gasteiger partial charge in [-0.3, -0.25) is 9.36 Å². The Morgan fingerprint density at radius 3 is 2.64 bits per heavy atom. The van der Waals surface area contributed by atoms with E-state index in [0.717, 1.165) is 16.7 Å². The Morgan fingerprint density at radius 1 is 1.13 bits per heavy atom. The summed E-state index contributed by atoms with van der Waals surface area (Å²) < 4.78 is 12.8. The van der Waals surface area contributed by atoms with Crippen LogP contribution in [0.2, 0.25) is 0 Å². The number of nitrogens with zero attached hydrogens (tertiary/aromatic N) is 4. The van der Waals surface area contributed by atoms with Gasteiger partial charge in [0.05, 0.1) is 6.61 Å². The summed E-state index contributed by atoms with van der Waals surface area (Å²) in [7, 11) is 1.56. The van der Waals surface area contributed by atoms with E-state index in [9.17, 15) is 20.1 Å². The number of rotatable bonds is 9. The fraction of sp³-hybridized carbons (Fsp3) is 0.308. The Kier molecular flexibility index (Phi) is 7.56. The number of amides is 1. The van der Waals surface area contributed by atoms with E-state index < -0.39 is 31.1 Å². The first-order valence-corrected chi connectivity index (χ1v) is 12.3. The zero-order valence-electron chi connectivity index (χ0n) is 21.1. The number of nitrogen functional groups attached to an aromatic ring is 1. The van der Waals surface area contributed by atoms with Crippen LogP contribution in [0.15, 0.2) is 54.9 Å². The molecule has 2 unspecified atom stereocenters. The number of nitrogens with one attached hydrogen (secondary N) is 2. The Labute approximate surface area is 223 Å². The van der Waals surface area contributed by atoms with E-state index in [0.29, 0.717) is 29.4 Å². The Morgan fingerprint density at radius 2 is 1.92 bits per heavy atom. The van der Waals surface area contributed by atoms with Gasteiger partial charge in [0.15, 0.2) is 29.8 Å². The minimum Gasteiger partial charge on any atom is -0.484 e. The maximum Gasteiger partial charge on any atom is 0.257 e. The van der Waals surface area contributed by atoms with E-state index in [-0.39, 0.29) is 18.3 Å². The number of hydrogen-bond acceptors (Lipinski definition) is 11. The molecule has 1 aliphatic rings. The van der Waals surface area contributed by atoms with Crippen LogP contribution in [-0.4, -0.2) is 79.3 Å². The number of carbonyl (C=O) groups is 1. The lowest BCUT2D eigenvalue weighted by Gasteiger charge is -2.19. The van der Waals surface area contributed by atoms with Gasteiger partial charge < -0.3 is 41.2 Å². The van der Waals surface area contributed by atoms with Crippen LogP contribution in [0.5, 0.6) is 5.75 Å². The van der Waals surface area contributed by atoms with Gasteiger partial charge >= 0.3 is 0 Å². The summed E-state index contributed by atoms with van der Waals surface area (Å²) in [6.45, 7) is -0.160. The minimum atomic E-state index is -1.33. The van der Waals surface area contributed by atoms with Crippen LogP contribution in [-0.2, 0) is 16.1 Å². The third-order valence-corrected chi connectivity index (χ3v) is 6.50. The molecular weight excluding hydrogens is 506 g/mol. The highest BCUT2D eigenvalue weighted by Crippen LogP contribution is 2.35. The molecule has 0 bridgehead atoms. The van der Waals surface area contributed by atoms with Crippen LogP contribution in [0.4, 0.5) is 11.8 Å². The SMILES string of the molecule is CNC(=O)COc1cccc(-c2ccc(CNc3nc4c(N)ncnc4n3[C@@H]3O[C@H](CO)C(O)C3O)cc2)c1. The second kappa shape index (κ2) is 11.2. The number of benzene rings is 2. The van der Waals surface area contributed by atoms with Gasteiger partial charge in [0.2, 0.25) is 5.95 Å². The summed E-state index contributed by atoms with van der Waals surface area (Å²) >= 11 is 0. The highest BCUT2D eigenvalue weighted by molar-refractivity contribution is 5.84. The first kappa shape index (κ1) is 26.3. The van der Waals surface area contributed by atoms with Gasteiger partial charge in [0, 0.05) is 13.6 Å². The third kappa shape index (κ3) is 5.33. The third-order valence-electron chi connectivity index (χ3n) is 6.50. The second-order valence-electron chi connectivity index (χ2n) is 9.01. The average Bonchev–Trinajstić information content (AvgIpc) is 3.47. The lowest BCUT2D eigenvalue weighted by molar-refractivity contribution is -0.122. The standard InChI is InChI=1S/C26H29N7O6/c1-28-19(35)12-38-17-4-2-3-16(9-17)15-7-5-14(6-8-15)10-29-26-32-20-23(27)30-13-31-24(20)33(26)25-22(37)21(36)18(11-34)39-25/h2-9,13,18,21-22,25,34,36-37H,10-12H2,1H3,(H,28,35)(H,29,32)(H2,27,30,31)/t18-,21?,22?,25-/m1/s1. The van der Waals surface area contributed by atoms with Crippen molar-refractivity contribution in [2.75, 3.05) is 31.3 Å². The lowest BCUT2D eigenvalue weighted by atomic mass is 10.0. The van der Waals surface area contributed by atoms with E-state index >= 15 is 0 Å². The van der Waals surface area contributed by atoms with Gasteiger partial charge in [-0.25, -0.2) is 15.0 Å². The van der Waals surface area contributed by atoms with Crippen molar-refractivity contribution in [2.45, 2.75) is 31.1 Å². The van der Waals surface area contributed by atoms with Gasteiger partial charge in [0.25, 0.3) is 5.91 Å². The Balaban J connectivity index is 1.35. The van der Waals surface area contributed by atoms with Crippen LogP contribution >= 0.6 is 0 Å². The van der Waals surface area contributed by atoms with Crippen LogP contribution in [0, 0.1) is 0 Å². The summed E-state index contributed by atoms with van der Waals surface area (Å²) in [6.07, 6.45) is -3.36. The number of nitrogens with two attached hydrogens (primary N) is 1. The quantitative estimate of drug-likeness (QED) is 0.174. The van der Waals surface area contributed by atoms with E-state index in [4.69, 9.17) is 15.2 Å². The van der Waals surface area contributed by atoms with Crippen molar-refractivity contribution >= 4 is 28.8 Å². The molecule has 1 amide bonds. The number of likely N-dealkylation sites (N-methyl/N-ethyl adjacent to an activating group) is 1. The highest BCUT2D eigenvalue weighted by atomic mass is 16.6. The topological polar surface area (TPSA) is 190 Å². The fourth-order valence-electron chi connectivity index (χ4n) is 4.37. The lowest BCUT2D eigenvalue weighted by Crippen LogP contribution is -2.33. The van der Waals surface area contributed by atoms with Crippen molar-refractivity contribution in [3.63, 3.8) is 0 Å². The predicted octanol–water partition coefficient (Wildman–Crippen LogP) is 0.424. The number of anilines is 2. The molecule has 13 nitrogen and oxygen atoms in total. The highest BCUT2D eigenvalue weighted by Gasteiger charge is 2.45. The van der Waals surface area contributed by atoms with Crippen LogP contribution in [0.3, 0.4) is 0 Å². The normalized spacial score (nSPS) is 20.7. The van der Waals surface area contributed by atoms with Crippen LogP contribution in [0.1, 0.15) is 11.8 Å². The largest absolute Gasteiger partial charge is 0.484 e. The number of hydrogen-bond donors (Lipinski definition) is 6. The summed E-state index contributed by atoms with van der Waals surface area (Å²) in [5.74, 6) is 0.836. The van der Waals surface area contributed by atoms with Gasteiger partial charge in [-0.2, -0.15) is 0 Å². The van der Waals surface area contributed by atoms with Crippen molar-refractivity contribution in [1.82, 2.24) is 24.8 Å². The first-order chi connectivity index (χ1) is 18.9. The monoisotopic (exact) mass is 535 g/mol. The second-order valence-corrected chi connectivity index (χ2v) is 9.01. The minimum absolute atomic E-state index is 0.0604. The summed E-state index contributed by atoms with van der Waals surface area (Å²) in [5.41, 5.74) is 9.47. The molecule has 0 spiro atoms. The van der Waals surface area contributed by atoms with E-state index in [1.165, 1.54) is 10.9 Å². The Bertz CT molecular complexity index is 1460. The molecule has 1 aliphatic heterocycles. The molecule has 3 heterocycles. The molecule has 1 fully saturated rings. The molecule has 13 heteroatoms. The van der Waals surface area contributed by atoms with E-state index in [2.05, 4.69) is 25.6 Å². The summed E-state index contributed by atoms with van der Waals surface area (Å²) in [4.78, 5) is 24.2. The van der Waals surface area contributed by atoms with Crippen molar-refractivity contribution in [3.05, 3.63) is 60.4 Å². The molecular formula is C26H29N7O6. The van der Waals surface area contributed by atoms with E-state index in [1.54, 1.807) is 13.1 Å². The summed E-state index contributed by atoms with van der Waals surface area (Å²) in [5, 5.41) is 36.2. The van der Waals surface area contributed by atoms with Crippen molar-refractivity contribution < 1.29 is 29.6 Å². The van der Waals surface area contributed by atoms with Gasteiger partial charge in [-0.05, 0) is 28.8 Å². The zero-order valence-corrected chi connectivity index (χ0v) is 21.1. The van der Waals surface area contributed by atoms with Crippen molar-refractivity contribution in [2.24, 2.45) is 0 Å². The average molecular weight is 536 g/mol. The summed E-state index contributed by atoms with van der Waals surface area (Å²) in [6, 6.07) is 15.3. The molecule has 0 saturated carbocycles. The van der Waals surface area contributed by atoms with Crippen molar-refractivity contribution in [1.29, 1.82) is 0 Å². The van der Waals surface area contributed by atoms with Crippen LogP contribution in [0.25, 0.3) is 22.3 Å². The molecule has 0 aliphatic carbocycles. The number of carbonyl (C=O) groups excluding carboxylic acids is 1. The molecule has 2 aromatic carbocycles. The smallest absolute Gasteiger partial charge is 0.257 e. The Hall–Kier alpha value is -4.30. The molecule has 0 radical (unpaired) electrons. The number of aromatic nitrogens is 4. The predicted molar refractivity (Wildman–Crippen MR) is 142 cm³/mol. The zero-order chi connectivity index (χ0) is 27.5. The maximum absolute atomic E-state index is 11.5.